The van der Waals surface area contributed by atoms with Gasteiger partial charge in [0.1, 0.15) is 11.6 Å². The highest BCUT2D eigenvalue weighted by Crippen LogP contribution is 2.22. The standard InChI is InChI=1S/C24H28N6O5/c1-3-29-22-9-4-18(25-24(32)16-35-20-7-5-19(6-8-20)30(33)34)14-21(22)26-23(29)15-27-10-12-28(13-11-27)17(2)31/h4-9,14H,3,10-13,15-16H2,1-2H3,(H,25,32). The van der Waals surface area contributed by atoms with Gasteiger partial charge in [0.2, 0.25) is 5.91 Å². The van der Waals surface area contributed by atoms with Crippen LogP contribution in [-0.4, -0.2) is 68.9 Å². The summed E-state index contributed by atoms with van der Waals surface area (Å²) in [6, 6.07) is 11.2. The summed E-state index contributed by atoms with van der Waals surface area (Å²) in [5.74, 6) is 1.08. The van der Waals surface area contributed by atoms with Crippen LogP contribution in [0.15, 0.2) is 42.5 Å². The van der Waals surface area contributed by atoms with Crippen molar-refractivity contribution >= 4 is 34.2 Å². The van der Waals surface area contributed by atoms with Gasteiger partial charge in [-0.25, -0.2) is 4.98 Å². The molecular formula is C24H28N6O5. The number of hydrogen-bond acceptors (Lipinski definition) is 7. The van der Waals surface area contributed by atoms with Crippen LogP contribution in [0.5, 0.6) is 5.75 Å². The van der Waals surface area contributed by atoms with Crippen LogP contribution in [0.4, 0.5) is 11.4 Å². The van der Waals surface area contributed by atoms with Crippen molar-refractivity contribution in [3.05, 3.63) is 58.4 Å². The molecule has 0 saturated carbocycles. The third kappa shape index (κ3) is 5.75. The number of nitrogens with zero attached hydrogens (tertiary/aromatic N) is 5. The van der Waals surface area contributed by atoms with Crippen LogP contribution in [0.3, 0.4) is 0 Å². The first kappa shape index (κ1) is 24.1. The number of aryl methyl sites for hydroxylation is 1. The van der Waals surface area contributed by atoms with Crippen molar-refractivity contribution in [1.82, 2.24) is 19.4 Å². The minimum absolute atomic E-state index is 0.0423. The molecule has 1 N–H and O–H groups in total. The van der Waals surface area contributed by atoms with E-state index in [4.69, 9.17) is 9.72 Å². The summed E-state index contributed by atoms with van der Waals surface area (Å²) in [6.07, 6.45) is 0. The smallest absolute Gasteiger partial charge is 0.269 e. The first-order chi connectivity index (χ1) is 16.8. The number of benzene rings is 2. The summed E-state index contributed by atoms with van der Waals surface area (Å²) in [4.78, 5) is 43.1. The van der Waals surface area contributed by atoms with Crippen molar-refractivity contribution in [3.63, 3.8) is 0 Å². The first-order valence-electron chi connectivity index (χ1n) is 11.5. The number of hydrogen-bond donors (Lipinski definition) is 1. The lowest BCUT2D eigenvalue weighted by Gasteiger charge is -2.33. The zero-order valence-electron chi connectivity index (χ0n) is 19.8. The topological polar surface area (TPSA) is 123 Å². The van der Waals surface area contributed by atoms with Crippen molar-refractivity contribution < 1.29 is 19.2 Å². The summed E-state index contributed by atoms with van der Waals surface area (Å²) in [5, 5.41) is 13.5. The first-order valence-corrected chi connectivity index (χ1v) is 11.5. The van der Waals surface area contributed by atoms with Gasteiger partial charge in [-0.3, -0.25) is 24.6 Å². The number of nitro groups is 1. The van der Waals surface area contributed by atoms with E-state index < -0.39 is 4.92 Å². The Morgan fingerprint density at radius 3 is 2.46 bits per heavy atom. The Bertz CT molecular complexity index is 1230. The number of rotatable bonds is 8. The summed E-state index contributed by atoms with van der Waals surface area (Å²) >= 11 is 0. The van der Waals surface area contributed by atoms with E-state index in [1.807, 2.05) is 23.1 Å². The highest BCUT2D eigenvalue weighted by molar-refractivity contribution is 5.94. The highest BCUT2D eigenvalue weighted by Gasteiger charge is 2.21. The Morgan fingerprint density at radius 1 is 1.11 bits per heavy atom. The second kappa shape index (κ2) is 10.5. The normalized spacial score (nSPS) is 14.2. The maximum absolute atomic E-state index is 12.4. The summed E-state index contributed by atoms with van der Waals surface area (Å²) in [5.41, 5.74) is 2.35. The van der Waals surface area contributed by atoms with Gasteiger partial charge in [0, 0.05) is 57.5 Å². The van der Waals surface area contributed by atoms with E-state index in [9.17, 15) is 19.7 Å². The van der Waals surface area contributed by atoms with Gasteiger partial charge in [-0.05, 0) is 37.3 Å². The molecule has 0 bridgehead atoms. The average molecular weight is 481 g/mol. The summed E-state index contributed by atoms with van der Waals surface area (Å²) in [6.45, 7) is 7.97. The third-order valence-corrected chi connectivity index (χ3v) is 6.03. The number of imidazole rings is 1. The third-order valence-electron chi connectivity index (χ3n) is 6.03. The molecule has 1 aliphatic heterocycles. The molecule has 11 nitrogen and oxygen atoms in total. The molecule has 1 saturated heterocycles. The molecule has 35 heavy (non-hydrogen) atoms. The van der Waals surface area contributed by atoms with Gasteiger partial charge in [-0.15, -0.1) is 0 Å². The zero-order chi connectivity index (χ0) is 24.9. The summed E-state index contributed by atoms with van der Waals surface area (Å²) in [7, 11) is 0. The second-order valence-corrected chi connectivity index (χ2v) is 8.35. The predicted molar refractivity (Wildman–Crippen MR) is 130 cm³/mol. The van der Waals surface area contributed by atoms with Crippen molar-refractivity contribution in [2.24, 2.45) is 0 Å². The minimum atomic E-state index is -0.494. The lowest BCUT2D eigenvalue weighted by Crippen LogP contribution is -2.47. The maximum atomic E-state index is 12.4. The van der Waals surface area contributed by atoms with Crippen LogP contribution >= 0.6 is 0 Å². The van der Waals surface area contributed by atoms with E-state index in [0.717, 1.165) is 49.6 Å². The number of non-ortho nitro benzene ring substituents is 1. The lowest BCUT2D eigenvalue weighted by atomic mass is 10.2. The maximum Gasteiger partial charge on any atom is 0.269 e. The fraction of sp³-hybridized carbons (Fsp3) is 0.375. The number of anilines is 1. The Labute approximate surface area is 202 Å². The molecule has 2 amide bonds. The molecule has 2 aromatic carbocycles. The number of nitro benzene ring substituents is 1. The van der Waals surface area contributed by atoms with Crippen molar-refractivity contribution in [2.45, 2.75) is 26.9 Å². The molecule has 1 aromatic heterocycles. The SMILES string of the molecule is CCn1c(CN2CCN(C(C)=O)CC2)nc2cc(NC(=O)COc3ccc([N+](=O)[O-])cc3)ccc21. The molecule has 3 aromatic rings. The molecule has 0 radical (unpaired) electrons. The van der Waals surface area contributed by atoms with E-state index in [2.05, 4.69) is 21.7 Å². The van der Waals surface area contributed by atoms with Crippen molar-refractivity contribution in [2.75, 3.05) is 38.1 Å². The average Bonchev–Trinajstić information content (AvgIpc) is 3.19. The highest BCUT2D eigenvalue weighted by atomic mass is 16.6. The van der Waals surface area contributed by atoms with Crippen LogP contribution in [0.25, 0.3) is 11.0 Å². The molecule has 2 heterocycles. The molecule has 4 rings (SSSR count). The van der Waals surface area contributed by atoms with Crippen molar-refractivity contribution in [1.29, 1.82) is 0 Å². The van der Waals surface area contributed by atoms with Crippen LogP contribution in [-0.2, 0) is 22.7 Å². The Kier molecular flexibility index (Phi) is 7.25. The quantitative estimate of drug-likeness (QED) is 0.388. The number of fused-ring (bicyclic) bond motifs is 1. The fourth-order valence-corrected chi connectivity index (χ4v) is 4.16. The molecule has 184 valence electrons. The molecule has 0 atom stereocenters. The molecule has 0 aliphatic carbocycles. The molecule has 0 unspecified atom stereocenters. The van der Waals surface area contributed by atoms with Gasteiger partial charge in [-0.2, -0.15) is 0 Å². The van der Waals surface area contributed by atoms with Gasteiger partial charge < -0.3 is 19.5 Å². The molecule has 1 fully saturated rings. The second-order valence-electron chi connectivity index (χ2n) is 8.35. The van der Waals surface area contributed by atoms with Gasteiger partial charge in [0.25, 0.3) is 11.6 Å². The van der Waals surface area contributed by atoms with E-state index in [0.29, 0.717) is 18.0 Å². The van der Waals surface area contributed by atoms with Crippen LogP contribution in [0.2, 0.25) is 0 Å². The predicted octanol–water partition coefficient (Wildman–Crippen LogP) is 2.65. The van der Waals surface area contributed by atoms with E-state index in [1.54, 1.807) is 6.92 Å². The van der Waals surface area contributed by atoms with Crippen LogP contribution in [0, 0.1) is 10.1 Å². The van der Waals surface area contributed by atoms with E-state index in [1.165, 1.54) is 24.3 Å². The number of carbonyl (C=O) groups is 2. The largest absolute Gasteiger partial charge is 0.484 e. The number of nitrogens with one attached hydrogen (secondary N) is 1. The molecular weight excluding hydrogens is 452 g/mol. The van der Waals surface area contributed by atoms with E-state index >= 15 is 0 Å². The monoisotopic (exact) mass is 480 g/mol. The minimum Gasteiger partial charge on any atom is -0.484 e. The molecule has 1 aliphatic rings. The van der Waals surface area contributed by atoms with Crippen LogP contribution < -0.4 is 10.1 Å². The Hall–Kier alpha value is -3.99. The van der Waals surface area contributed by atoms with Gasteiger partial charge in [-0.1, -0.05) is 0 Å². The summed E-state index contributed by atoms with van der Waals surface area (Å²) < 4.78 is 7.59. The number of ether oxygens (including phenoxy) is 1. The Morgan fingerprint density at radius 2 is 1.83 bits per heavy atom. The number of amides is 2. The van der Waals surface area contributed by atoms with Gasteiger partial charge >= 0.3 is 0 Å². The van der Waals surface area contributed by atoms with Gasteiger partial charge in [0.05, 0.1) is 22.5 Å². The lowest BCUT2D eigenvalue weighted by molar-refractivity contribution is -0.384. The zero-order valence-corrected chi connectivity index (χ0v) is 19.8. The van der Waals surface area contributed by atoms with E-state index in [-0.39, 0.29) is 24.1 Å². The van der Waals surface area contributed by atoms with Crippen molar-refractivity contribution in [3.8, 4) is 5.75 Å². The van der Waals surface area contributed by atoms with Gasteiger partial charge in [0.15, 0.2) is 6.61 Å². The molecule has 0 spiro atoms. The number of piperazine rings is 1. The molecule has 11 heteroatoms. The number of aromatic nitrogens is 2. The fourth-order valence-electron chi connectivity index (χ4n) is 4.16. The number of carbonyl (C=O) groups excluding carboxylic acids is 2. The van der Waals surface area contributed by atoms with Crippen LogP contribution in [0.1, 0.15) is 19.7 Å². The Balaban J connectivity index is 1.38.